The van der Waals surface area contributed by atoms with Crippen molar-refractivity contribution in [3.8, 4) is 0 Å². The summed E-state index contributed by atoms with van der Waals surface area (Å²) in [7, 11) is 0. The lowest BCUT2D eigenvalue weighted by Crippen LogP contribution is -2.46. The summed E-state index contributed by atoms with van der Waals surface area (Å²) in [5, 5.41) is 10.6. The van der Waals surface area contributed by atoms with Crippen LogP contribution < -0.4 is 4.90 Å². The molecule has 1 N–H and O–H groups in total. The highest BCUT2D eigenvalue weighted by atomic mass is 32.1. The van der Waals surface area contributed by atoms with Crippen molar-refractivity contribution in [2.24, 2.45) is 0 Å². The van der Waals surface area contributed by atoms with Gasteiger partial charge in [0.15, 0.2) is 5.13 Å². The van der Waals surface area contributed by atoms with Crippen molar-refractivity contribution in [3.05, 3.63) is 10.6 Å². The van der Waals surface area contributed by atoms with Crippen molar-refractivity contribution < 1.29 is 5.11 Å². The summed E-state index contributed by atoms with van der Waals surface area (Å²) in [5.74, 6) is 0.434. The van der Waals surface area contributed by atoms with Crippen molar-refractivity contribution in [1.29, 1.82) is 0 Å². The van der Waals surface area contributed by atoms with Crippen LogP contribution in [0.1, 0.15) is 50.1 Å². The van der Waals surface area contributed by atoms with Crippen LogP contribution in [0.25, 0.3) is 0 Å². The number of rotatable bonds is 6. The van der Waals surface area contributed by atoms with Crippen LogP contribution in [-0.4, -0.2) is 47.7 Å². The predicted octanol–water partition coefficient (Wildman–Crippen LogP) is 2.68. The molecule has 1 aliphatic heterocycles. The Morgan fingerprint density at radius 3 is 2.50 bits per heavy atom. The second-order valence-electron chi connectivity index (χ2n) is 5.60. The summed E-state index contributed by atoms with van der Waals surface area (Å²) < 4.78 is 0. The number of aliphatic hydroxyl groups excluding tert-OH is 1. The highest BCUT2D eigenvalue weighted by Crippen LogP contribution is 2.32. The van der Waals surface area contributed by atoms with Gasteiger partial charge in [-0.05, 0) is 25.3 Å². The summed E-state index contributed by atoms with van der Waals surface area (Å²) in [5.41, 5.74) is 1.10. The molecule has 0 saturated carbocycles. The fourth-order valence-corrected chi connectivity index (χ4v) is 3.75. The van der Waals surface area contributed by atoms with Gasteiger partial charge in [0.25, 0.3) is 0 Å². The maximum atomic E-state index is 9.53. The molecule has 0 bridgehead atoms. The first-order valence-electron chi connectivity index (χ1n) is 7.77. The Balaban J connectivity index is 2.05. The van der Waals surface area contributed by atoms with Gasteiger partial charge in [-0.1, -0.05) is 32.1 Å². The summed E-state index contributed by atoms with van der Waals surface area (Å²) in [6.45, 7) is 12.3. The molecule has 2 heterocycles. The third-order valence-corrected chi connectivity index (χ3v) is 5.24. The van der Waals surface area contributed by atoms with Gasteiger partial charge in [0, 0.05) is 26.2 Å². The molecule has 1 atom stereocenters. The molecule has 2 rings (SSSR count). The summed E-state index contributed by atoms with van der Waals surface area (Å²) in [4.78, 5) is 10.8. The molecule has 0 radical (unpaired) electrons. The average Bonchev–Trinajstić information content (AvgIpc) is 2.92. The van der Waals surface area contributed by atoms with Gasteiger partial charge in [-0.3, -0.25) is 4.90 Å². The van der Waals surface area contributed by atoms with E-state index in [-0.39, 0.29) is 6.61 Å². The normalized spacial score (nSPS) is 18.5. The third kappa shape index (κ3) is 3.51. The van der Waals surface area contributed by atoms with Crippen LogP contribution in [0.4, 0.5) is 5.13 Å². The predicted molar refractivity (Wildman–Crippen MR) is 85.7 cm³/mol. The Morgan fingerprint density at radius 2 is 1.95 bits per heavy atom. The Bertz CT molecular complexity index is 413. The first kappa shape index (κ1) is 15.7. The van der Waals surface area contributed by atoms with Crippen LogP contribution >= 0.6 is 11.3 Å². The molecule has 5 heteroatoms. The number of thiazole rings is 1. The number of aromatic nitrogens is 1. The van der Waals surface area contributed by atoms with E-state index < -0.39 is 0 Å². The molecule has 0 spiro atoms. The lowest BCUT2D eigenvalue weighted by Gasteiger charge is -2.34. The fraction of sp³-hybridized carbons (Fsp3) is 0.800. The van der Waals surface area contributed by atoms with E-state index in [0.29, 0.717) is 5.92 Å². The van der Waals surface area contributed by atoms with Crippen molar-refractivity contribution in [3.63, 3.8) is 0 Å². The number of hydrogen-bond donors (Lipinski definition) is 1. The first-order chi connectivity index (χ1) is 9.69. The van der Waals surface area contributed by atoms with Crippen LogP contribution in [-0.2, 0) is 6.61 Å². The van der Waals surface area contributed by atoms with E-state index >= 15 is 0 Å². The Hall–Kier alpha value is -0.650. The molecular weight excluding hydrogens is 270 g/mol. The molecule has 0 amide bonds. The standard InChI is InChI=1S/C15H27N3OS/c1-4-6-17-7-9-18(10-8-17)15-16-14(12(3)5-2)13(11-19)20-15/h12,19H,4-11H2,1-3H3. The van der Waals surface area contributed by atoms with Crippen molar-refractivity contribution in [2.75, 3.05) is 37.6 Å². The van der Waals surface area contributed by atoms with E-state index in [1.54, 1.807) is 11.3 Å². The van der Waals surface area contributed by atoms with Crippen LogP contribution in [0.5, 0.6) is 0 Å². The molecule has 1 aliphatic rings. The molecule has 1 aromatic heterocycles. The van der Waals surface area contributed by atoms with Crippen molar-refractivity contribution in [1.82, 2.24) is 9.88 Å². The van der Waals surface area contributed by atoms with E-state index in [4.69, 9.17) is 4.98 Å². The number of nitrogens with zero attached hydrogens (tertiary/aromatic N) is 3. The van der Waals surface area contributed by atoms with E-state index in [9.17, 15) is 5.11 Å². The van der Waals surface area contributed by atoms with Crippen LogP contribution in [0.2, 0.25) is 0 Å². The molecule has 1 saturated heterocycles. The zero-order chi connectivity index (χ0) is 14.5. The SMILES string of the molecule is CCCN1CCN(c2nc(C(C)CC)c(CO)s2)CC1. The molecule has 0 aliphatic carbocycles. The largest absolute Gasteiger partial charge is 0.391 e. The van der Waals surface area contributed by atoms with Crippen molar-refractivity contribution in [2.45, 2.75) is 46.1 Å². The van der Waals surface area contributed by atoms with Gasteiger partial charge in [0.2, 0.25) is 0 Å². The fourth-order valence-electron chi connectivity index (χ4n) is 2.66. The van der Waals surface area contributed by atoms with Gasteiger partial charge >= 0.3 is 0 Å². The highest BCUT2D eigenvalue weighted by molar-refractivity contribution is 7.15. The minimum absolute atomic E-state index is 0.118. The highest BCUT2D eigenvalue weighted by Gasteiger charge is 2.22. The summed E-state index contributed by atoms with van der Waals surface area (Å²) in [6.07, 6.45) is 2.30. The van der Waals surface area contributed by atoms with Gasteiger partial charge in [-0.15, -0.1) is 0 Å². The second-order valence-corrected chi connectivity index (χ2v) is 6.66. The van der Waals surface area contributed by atoms with E-state index in [1.165, 1.54) is 13.0 Å². The number of hydrogen-bond acceptors (Lipinski definition) is 5. The van der Waals surface area contributed by atoms with E-state index in [1.807, 2.05) is 0 Å². The van der Waals surface area contributed by atoms with E-state index in [0.717, 1.165) is 48.3 Å². The van der Waals surface area contributed by atoms with Gasteiger partial charge in [0.1, 0.15) is 0 Å². The molecular formula is C15H27N3OS. The van der Waals surface area contributed by atoms with E-state index in [2.05, 4.69) is 30.6 Å². The number of anilines is 1. The molecule has 4 nitrogen and oxygen atoms in total. The molecule has 1 unspecified atom stereocenters. The average molecular weight is 297 g/mol. The molecule has 114 valence electrons. The minimum atomic E-state index is 0.118. The maximum absolute atomic E-state index is 9.53. The third-order valence-electron chi connectivity index (χ3n) is 4.12. The molecule has 1 fully saturated rings. The Labute approximate surface area is 126 Å². The Kier molecular flexibility index (Phi) is 5.81. The first-order valence-corrected chi connectivity index (χ1v) is 8.58. The minimum Gasteiger partial charge on any atom is -0.391 e. The van der Waals surface area contributed by atoms with Crippen molar-refractivity contribution >= 4 is 16.5 Å². The van der Waals surface area contributed by atoms with Gasteiger partial charge in [-0.25, -0.2) is 4.98 Å². The van der Waals surface area contributed by atoms with Gasteiger partial charge in [-0.2, -0.15) is 0 Å². The van der Waals surface area contributed by atoms with Crippen LogP contribution in [0.3, 0.4) is 0 Å². The monoisotopic (exact) mass is 297 g/mol. The topological polar surface area (TPSA) is 39.6 Å². The quantitative estimate of drug-likeness (QED) is 0.876. The van der Waals surface area contributed by atoms with Gasteiger partial charge in [0.05, 0.1) is 17.2 Å². The smallest absolute Gasteiger partial charge is 0.185 e. The zero-order valence-corrected chi connectivity index (χ0v) is 13.7. The molecule has 20 heavy (non-hydrogen) atoms. The van der Waals surface area contributed by atoms with Gasteiger partial charge < -0.3 is 10.0 Å². The number of piperazine rings is 1. The van der Waals surface area contributed by atoms with Crippen LogP contribution in [0.15, 0.2) is 0 Å². The molecule has 1 aromatic rings. The summed E-state index contributed by atoms with van der Waals surface area (Å²) in [6, 6.07) is 0. The second kappa shape index (κ2) is 7.38. The number of aliphatic hydroxyl groups is 1. The lowest BCUT2D eigenvalue weighted by molar-refractivity contribution is 0.258. The maximum Gasteiger partial charge on any atom is 0.185 e. The zero-order valence-electron chi connectivity index (χ0n) is 12.9. The Morgan fingerprint density at radius 1 is 1.25 bits per heavy atom. The summed E-state index contributed by atoms with van der Waals surface area (Å²) >= 11 is 1.67. The molecule has 0 aromatic carbocycles. The van der Waals surface area contributed by atoms with Crippen LogP contribution in [0, 0.1) is 0 Å². The lowest BCUT2D eigenvalue weighted by atomic mass is 10.0.